The van der Waals surface area contributed by atoms with Gasteiger partial charge in [0.25, 0.3) is 0 Å². The standard InChI is InChI=1S/C19H20ClNO6/c1-26-19(25)21-5-6-27-17(13-3-2-4-16(20)10-13)14-7-12(11-22)8-15(9-14)18(23)24/h2-4,7-10,17,22H,5-6,11H2,1H3,(H,21,25)(H,23,24). The average Bonchev–Trinajstić information content (AvgIpc) is 2.67. The molecule has 0 bridgehead atoms. The van der Waals surface area contributed by atoms with Crippen molar-refractivity contribution in [1.29, 1.82) is 0 Å². The van der Waals surface area contributed by atoms with Crippen molar-refractivity contribution >= 4 is 23.7 Å². The number of aliphatic hydroxyl groups excluding tert-OH is 1. The van der Waals surface area contributed by atoms with Crippen LogP contribution in [0.2, 0.25) is 5.02 Å². The summed E-state index contributed by atoms with van der Waals surface area (Å²) >= 11 is 6.08. The lowest BCUT2D eigenvalue weighted by Gasteiger charge is -2.20. The molecule has 2 rings (SSSR count). The number of carbonyl (C=O) groups is 2. The molecular weight excluding hydrogens is 374 g/mol. The number of rotatable bonds is 8. The number of benzene rings is 2. The Kier molecular flexibility index (Phi) is 7.60. The number of aliphatic hydroxyl groups is 1. The van der Waals surface area contributed by atoms with E-state index < -0.39 is 18.2 Å². The van der Waals surface area contributed by atoms with Gasteiger partial charge in [-0.25, -0.2) is 9.59 Å². The van der Waals surface area contributed by atoms with E-state index in [-0.39, 0.29) is 25.3 Å². The third kappa shape index (κ3) is 5.96. The summed E-state index contributed by atoms with van der Waals surface area (Å²) in [4.78, 5) is 22.5. The van der Waals surface area contributed by atoms with Gasteiger partial charge in [0.2, 0.25) is 0 Å². The van der Waals surface area contributed by atoms with E-state index in [4.69, 9.17) is 16.3 Å². The summed E-state index contributed by atoms with van der Waals surface area (Å²) in [7, 11) is 1.26. The van der Waals surface area contributed by atoms with Crippen LogP contribution in [-0.4, -0.2) is 42.5 Å². The molecule has 0 saturated carbocycles. The number of carboxylic acid groups (broad SMARTS) is 1. The zero-order valence-electron chi connectivity index (χ0n) is 14.6. The van der Waals surface area contributed by atoms with Gasteiger partial charge in [-0.1, -0.05) is 29.8 Å². The number of methoxy groups -OCH3 is 1. The van der Waals surface area contributed by atoms with Gasteiger partial charge in [-0.15, -0.1) is 0 Å². The lowest BCUT2D eigenvalue weighted by atomic mass is 9.97. The second kappa shape index (κ2) is 9.91. The molecule has 8 heteroatoms. The highest BCUT2D eigenvalue weighted by atomic mass is 35.5. The lowest BCUT2D eigenvalue weighted by Crippen LogP contribution is -2.27. The molecule has 27 heavy (non-hydrogen) atoms. The van der Waals surface area contributed by atoms with Crippen LogP contribution in [0.1, 0.15) is 33.2 Å². The topological polar surface area (TPSA) is 105 Å². The number of ether oxygens (including phenoxy) is 2. The van der Waals surface area contributed by atoms with Gasteiger partial charge >= 0.3 is 12.1 Å². The van der Waals surface area contributed by atoms with Gasteiger partial charge in [-0.05, 0) is 41.0 Å². The molecule has 1 amide bonds. The third-order valence-electron chi connectivity index (χ3n) is 3.74. The Bertz CT molecular complexity index is 811. The molecule has 0 spiro atoms. The highest BCUT2D eigenvalue weighted by molar-refractivity contribution is 6.30. The Morgan fingerprint density at radius 2 is 1.96 bits per heavy atom. The number of carboxylic acids is 1. The molecule has 144 valence electrons. The van der Waals surface area contributed by atoms with E-state index in [9.17, 15) is 19.8 Å². The minimum Gasteiger partial charge on any atom is -0.478 e. The Morgan fingerprint density at radius 3 is 2.59 bits per heavy atom. The van der Waals surface area contributed by atoms with Crippen molar-refractivity contribution in [3.8, 4) is 0 Å². The summed E-state index contributed by atoms with van der Waals surface area (Å²) in [5.41, 5.74) is 1.76. The van der Waals surface area contributed by atoms with Crippen molar-refractivity contribution in [1.82, 2.24) is 5.32 Å². The summed E-state index contributed by atoms with van der Waals surface area (Å²) in [6.45, 7) is 0.0491. The van der Waals surface area contributed by atoms with Crippen LogP contribution in [0.4, 0.5) is 4.79 Å². The van der Waals surface area contributed by atoms with E-state index in [0.717, 1.165) is 0 Å². The second-order valence-corrected chi connectivity index (χ2v) is 6.09. The largest absolute Gasteiger partial charge is 0.478 e. The highest BCUT2D eigenvalue weighted by Crippen LogP contribution is 2.29. The van der Waals surface area contributed by atoms with Crippen molar-refractivity contribution in [3.05, 3.63) is 69.7 Å². The quantitative estimate of drug-likeness (QED) is 0.595. The fraction of sp³-hybridized carbons (Fsp3) is 0.263. The third-order valence-corrected chi connectivity index (χ3v) is 3.98. The van der Waals surface area contributed by atoms with Crippen molar-refractivity contribution in [2.75, 3.05) is 20.3 Å². The number of amides is 1. The molecule has 1 atom stereocenters. The first-order chi connectivity index (χ1) is 12.9. The first-order valence-electron chi connectivity index (χ1n) is 8.11. The molecule has 0 radical (unpaired) electrons. The van der Waals surface area contributed by atoms with E-state index >= 15 is 0 Å². The summed E-state index contributed by atoms with van der Waals surface area (Å²) in [5.74, 6) is -1.11. The van der Waals surface area contributed by atoms with Crippen LogP contribution in [0, 0.1) is 0 Å². The summed E-state index contributed by atoms with van der Waals surface area (Å²) in [6, 6.07) is 11.6. The molecule has 0 fully saturated rings. The first kappa shape index (κ1) is 20.7. The molecule has 0 aromatic heterocycles. The van der Waals surface area contributed by atoms with Gasteiger partial charge in [0.1, 0.15) is 6.10 Å². The zero-order chi connectivity index (χ0) is 19.8. The van der Waals surface area contributed by atoms with Gasteiger partial charge in [-0.3, -0.25) is 0 Å². The summed E-state index contributed by atoms with van der Waals surface area (Å²) < 4.78 is 10.4. The monoisotopic (exact) mass is 393 g/mol. The Labute approximate surface area is 161 Å². The van der Waals surface area contributed by atoms with Crippen molar-refractivity contribution < 1.29 is 29.3 Å². The Morgan fingerprint density at radius 1 is 1.19 bits per heavy atom. The smallest absolute Gasteiger partial charge is 0.406 e. The van der Waals surface area contributed by atoms with Crippen LogP contribution in [0.5, 0.6) is 0 Å². The van der Waals surface area contributed by atoms with Crippen LogP contribution in [0.15, 0.2) is 42.5 Å². The number of alkyl carbamates (subject to hydrolysis) is 1. The van der Waals surface area contributed by atoms with Gasteiger partial charge in [0.05, 0.1) is 25.9 Å². The maximum Gasteiger partial charge on any atom is 0.406 e. The summed E-state index contributed by atoms with van der Waals surface area (Å²) in [6.07, 6.45) is -1.21. The first-order valence-corrected chi connectivity index (χ1v) is 8.49. The van der Waals surface area contributed by atoms with Gasteiger partial charge in [0.15, 0.2) is 0 Å². The zero-order valence-corrected chi connectivity index (χ0v) is 15.4. The predicted molar refractivity (Wildman–Crippen MR) is 99.0 cm³/mol. The molecule has 0 heterocycles. The van der Waals surface area contributed by atoms with E-state index in [1.54, 1.807) is 30.3 Å². The number of hydrogen-bond donors (Lipinski definition) is 3. The number of nitrogens with one attached hydrogen (secondary N) is 1. The van der Waals surface area contributed by atoms with Gasteiger partial charge < -0.3 is 25.0 Å². The SMILES string of the molecule is COC(=O)NCCOC(c1cccc(Cl)c1)c1cc(CO)cc(C(=O)O)c1. The molecule has 7 nitrogen and oxygen atoms in total. The molecule has 0 aliphatic heterocycles. The van der Waals surface area contributed by atoms with Crippen LogP contribution < -0.4 is 5.32 Å². The molecule has 3 N–H and O–H groups in total. The van der Waals surface area contributed by atoms with Crippen molar-refractivity contribution in [3.63, 3.8) is 0 Å². The van der Waals surface area contributed by atoms with Crippen LogP contribution in [0.3, 0.4) is 0 Å². The molecule has 0 aliphatic rings. The highest BCUT2D eigenvalue weighted by Gasteiger charge is 2.18. The number of aromatic carboxylic acids is 1. The van der Waals surface area contributed by atoms with Gasteiger partial charge in [-0.2, -0.15) is 0 Å². The van der Waals surface area contributed by atoms with E-state index in [2.05, 4.69) is 10.1 Å². The molecule has 1 unspecified atom stereocenters. The molecule has 2 aromatic rings. The minimum absolute atomic E-state index is 0.0415. The Hall–Kier alpha value is -2.61. The van der Waals surface area contributed by atoms with Gasteiger partial charge in [0, 0.05) is 11.6 Å². The lowest BCUT2D eigenvalue weighted by molar-refractivity contribution is 0.0693. The summed E-state index contributed by atoms with van der Waals surface area (Å²) in [5, 5.41) is 21.8. The Balaban J connectivity index is 2.33. The number of halogens is 1. The maximum atomic E-state index is 11.4. The van der Waals surface area contributed by atoms with Crippen molar-refractivity contribution in [2.24, 2.45) is 0 Å². The molecule has 0 aliphatic carbocycles. The minimum atomic E-state index is -1.11. The molecule has 2 aromatic carbocycles. The van der Waals surface area contributed by atoms with Crippen LogP contribution in [0.25, 0.3) is 0 Å². The number of hydrogen-bond acceptors (Lipinski definition) is 5. The van der Waals surface area contributed by atoms with E-state index in [1.807, 2.05) is 0 Å². The fourth-order valence-corrected chi connectivity index (χ4v) is 2.74. The fourth-order valence-electron chi connectivity index (χ4n) is 2.54. The molecule has 0 saturated heterocycles. The normalized spacial score (nSPS) is 11.7. The van der Waals surface area contributed by atoms with E-state index in [0.29, 0.717) is 21.7 Å². The van der Waals surface area contributed by atoms with Crippen LogP contribution >= 0.6 is 11.6 Å². The van der Waals surface area contributed by atoms with Crippen LogP contribution in [-0.2, 0) is 16.1 Å². The predicted octanol–water partition coefficient (Wildman–Crippen LogP) is 2.99. The maximum absolute atomic E-state index is 11.4. The van der Waals surface area contributed by atoms with Crippen molar-refractivity contribution in [2.45, 2.75) is 12.7 Å². The average molecular weight is 394 g/mol. The molecular formula is C19H20ClNO6. The van der Waals surface area contributed by atoms with E-state index in [1.165, 1.54) is 19.2 Å². The second-order valence-electron chi connectivity index (χ2n) is 5.65. The number of carbonyl (C=O) groups excluding carboxylic acids is 1.